The van der Waals surface area contributed by atoms with Crippen LogP contribution in [-0.2, 0) is 0 Å². The van der Waals surface area contributed by atoms with E-state index in [0.717, 1.165) is 21.4 Å². The molecule has 0 amide bonds. The number of halogens is 3. The summed E-state index contributed by atoms with van der Waals surface area (Å²) in [7, 11) is 0. The summed E-state index contributed by atoms with van der Waals surface area (Å²) in [6.07, 6.45) is 0. The van der Waals surface area contributed by atoms with Crippen molar-refractivity contribution in [2.24, 2.45) is 0 Å². The molecule has 0 aliphatic carbocycles. The quantitative estimate of drug-likeness (QED) is 0.636. The third kappa shape index (κ3) is 1.34. The van der Waals surface area contributed by atoms with Crippen LogP contribution in [0.1, 0.15) is 0 Å². The largest absolute Gasteiger partial charge is 0.194 e. The number of benzene rings is 1. The molecular formula is C8H3ClFIS. The van der Waals surface area contributed by atoms with Gasteiger partial charge in [0.05, 0.1) is 3.57 Å². The van der Waals surface area contributed by atoms with Crippen molar-refractivity contribution in [3.8, 4) is 0 Å². The predicted octanol–water partition coefficient (Wildman–Crippen LogP) is 4.30. The molecule has 0 fully saturated rings. The molecule has 0 atom stereocenters. The highest BCUT2D eigenvalue weighted by molar-refractivity contribution is 14.1. The highest BCUT2D eigenvalue weighted by atomic mass is 127. The maximum Gasteiger partial charge on any atom is 0.190 e. The lowest BCUT2D eigenvalue weighted by molar-refractivity contribution is 0.652. The SMILES string of the molecule is Fc1sc2cc(Cl)ccc2c1I. The normalized spacial score (nSPS) is 10.9. The lowest BCUT2D eigenvalue weighted by Gasteiger charge is -1.89. The summed E-state index contributed by atoms with van der Waals surface area (Å²) in [5.74, 6) is 0. The van der Waals surface area contributed by atoms with Gasteiger partial charge in [-0.1, -0.05) is 17.7 Å². The summed E-state index contributed by atoms with van der Waals surface area (Å²) in [6, 6.07) is 5.41. The third-order valence-electron chi connectivity index (χ3n) is 1.55. The predicted molar refractivity (Wildman–Crippen MR) is 59.5 cm³/mol. The van der Waals surface area contributed by atoms with Crippen molar-refractivity contribution in [1.29, 1.82) is 0 Å². The van der Waals surface area contributed by atoms with Crippen LogP contribution >= 0.6 is 45.5 Å². The Morgan fingerprint density at radius 1 is 1.42 bits per heavy atom. The van der Waals surface area contributed by atoms with Gasteiger partial charge in [-0.2, -0.15) is 4.39 Å². The van der Waals surface area contributed by atoms with E-state index in [2.05, 4.69) is 0 Å². The second kappa shape index (κ2) is 3.12. The van der Waals surface area contributed by atoms with Crippen LogP contribution in [0.4, 0.5) is 4.39 Å². The van der Waals surface area contributed by atoms with E-state index < -0.39 is 0 Å². The van der Waals surface area contributed by atoms with E-state index in [1.54, 1.807) is 12.1 Å². The molecule has 12 heavy (non-hydrogen) atoms. The van der Waals surface area contributed by atoms with Gasteiger partial charge in [0.15, 0.2) is 5.13 Å². The van der Waals surface area contributed by atoms with Crippen LogP contribution in [0, 0.1) is 8.70 Å². The maximum absolute atomic E-state index is 13.0. The topological polar surface area (TPSA) is 0 Å². The summed E-state index contributed by atoms with van der Waals surface area (Å²) in [5, 5.41) is 1.47. The van der Waals surface area contributed by atoms with Crippen LogP contribution in [0.2, 0.25) is 5.02 Å². The van der Waals surface area contributed by atoms with Gasteiger partial charge >= 0.3 is 0 Å². The van der Waals surface area contributed by atoms with Crippen LogP contribution in [0.3, 0.4) is 0 Å². The van der Waals surface area contributed by atoms with E-state index in [-0.39, 0.29) is 5.13 Å². The average Bonchev–Trinajstić information content (AvgIpc) is 2.28. The highest BCUT2D eigenvalue weighted by Crippen LogP contribution is 2.32. The molecule has 0 aliphatic rings. The van der Waals surface area contributed by atoms with Crippen LogP contribution in [-0.4, -0.2) is 0 Å². The summed E-state index contributed by atoms with van der Waals surface area (Å²) >= 11 is 8.90. The standard InChI is InChI=1S/C8H3ClFIS/c9-4-1-2-5-6(3-4)12-8(10)7(5)11/h1-3H. The first kappa shape index (κ1) is 8.72. The van der Waals surface area contributed by atoms with Crippen LogP contribution in [0.15, 0.2) is 18.2 Å². The fourth-order valence-electron chi connectivity index (χ4n) is 1.01. The molecule has 1 heterocycles. The van der Waals surface area contributed by atoms with Crippen molar-refractivity contribution in [2.75, 3.05) is 0 Å². The lowest BCUT2D eigenvalue weighted by atomic mass is 10.3. The van der Waals surface area contributed by atoms with Gasteiger partial charge in [-0.05, 0) is 34.7 Å². The van der Waals surface area contributed by atoms with Gasteiger partial charge in [0.2, 0.25) is 0 Å². The molecule has 2 aromatic rings. The molecule has 62 valence electrons. The Labute approximate surface area is 91.5 Å². The second-order valence-corrected chi connectivity index (χ2v) is 4.85. The number of hydrogen-bond donors (Lipinski definition) is 0. The van der Waals surface area contributed by atoms with Crippen molar-refractivity contribution in [3.63, 3.8) is 0 Å². The molecule has 0 nitrogen and oxygen atoms in total. The Morgan fingerprint density at radius 2 is 2.17 bits per heavy atom. The molecule has 0 saturated carbocycles. The lowest BCUT2D eigenvalue weighted by Crippen LogP contribution is -1.69. The van der Waals surface area contributed by atoms with Crippen LogP contribution < -0.4 is 0 Å². The summed E-state index contributed by atoms with van der Waals surface area (Å²) in [6.45, 7) is 0. The van der Waals surface area contributed by atoms with E-state index in [0.29, 0.717) is 8.59 Å². The molecule has 0 bridgehead atoms. The van der Waals surface area contributed by atoms with E-state index in [9.17, 15) is 4.39 Å². The maximum atomic E-state index is 13.0. The van der Waals surface area contributed by atoms with Gasteiger partial charge in [0.25, 0.3) is 0 Å². The Hall–Kier alpha value is 0.130. The van der Waals surface area contributed by atoms with Crippen molar-refractivity contribution >= 4 is 55.6 Å². The molecular weight excluding hydrogens is 310 g/mol. The molecule has 0 N–H and O–H groups in total. The van der Waals surface area contributed by atoms with E-state index in [1.807, 2.05) is 28.7 Å². The Bertz CT molecular complexity index is 438. The molecule has 1 aromatic heterocycles. The molecule has 0 spiro atoms. The van der Waals surface area contributed by atoms with Gasteiger partial charge in [0, 0.05) is 15.1 Å². The zero-order valence-corrected chi connectivity index (χ0v) is 9.50. The minimum atomic E-state index is -0.132. The van der Waals surface area contributed by atoms with E-state index in [4.69, 9.17) is 11.6 Å². The van der Waals surface area contributed by atoms with Crippen LogP contribution in [0.5, 0.6) is 0 Å². The monoisotopic (exact) mass is 312 g/mol. The Kier molecular flexibility index (Phi) is 2.27. The molecule has 1 aromatic carbocycles. The summed E-state index contributed by atoms with van der Waals surface area (Å²) in [5.41, 5.74) is 0. The number of fused-ring (bicyclic) bond motifs is 1. The fourth-order valence-corrected chi connectivity index (χ4v) is 3.09. The molecule has 0 radical (unpaired) electrons. The van der Waals surface area contributed by atoms with E-state index in [1.165, 1.54) is 0 Å². The van der Waals surface area contributed by atoms with Crippen LogP contribution in [0.25, 0.3) is 10.1 Å². The first-order valence-corrected chi connectivity index (χ1v) is 5.49. The average molecular weight is 313 g/mol. The summed E-state index contributed by atoms with van der Waals surface area (Å²) in [4.78, 5) is 0. The van der Waals surface area contributed by atoms with Gasteiger partial charge in [-0.15, -0.1) is 11.3 Å². The fraction of sp³-hybridized carbons (Fsp3) is 0. The van der Waals surface area contributed by atoms with Gasteiger partial charge in [0.1, 0.15) is 0 Å². The van der Waals surface area contributed by atoms with Crippen molar-refractivity contribution < 1.29 is 4.39 Å². The third-order valence-corrected chi connectivity index (χ3v) is 4.15. The van der Waals surface area contributed by atoms with Crippen molar-refractivity contribution in [2.45, 2.75) is 0 Å². The number of rotatable bonds is 0. The molecule has 0 saturated heterocycles. The zero-order chi connectivity index (χ0) is 8.72. The first-order chi connectivity index (χ1) is 5.68. The minimum Gasteiger partial charge on any atom is -0.194 e. The minimum absolute atomic E-state index is 0.132. The molecule has 4 heteroatoms. The van der Waals surface area contributed by atoms with Crippen molar-refractivity contribution in [3.05, 3.63) is 31.9 Å². The van der Waals surface area contributed by atoms with Gasteiger partial charge in [-0.3, -0.25) is 0 Å². The Balaban J connectivity index is 2.87. The number of hydrogen-bond acceptors (Lipinski definition) is 1. The first-order valence-electron chi connectivity index (χ1n) is 3.21. The zero-order valence-electron chi connectivity index (χ0n) is 5.77. The smallest absolute Gasteiger partial charge is 0.190 e. The Morgan fingerprint density at radius 3 is 2.92 bits per heavy atom. The van der Waals surface area contributed by atoms with Crippen molar-refractivity contribution in [1.82, 2.24) is 0 Å². The van der Waals surface area contributed by atoms with Gasteiger partial charge < -0.3 is 0 Å². The highest BCUT2D eigenvalue weighted by Gasteiger charge is 2.08. The summed E-state index contributed by atoms with van der Waals surface area (Å²) < 4.78 is 14.6. The molecule has 0 unspecified atom stereocenters. The molecule has 2 rings (SSSR count). The number of thiophene rings is 1. The van der Waals surface area contributed by atoms with Gasteiger partial charge in [-0.25, -0.2) is 0 Å². The second-order valence-electron chi connectivity index (χ2n) is 2.33. The van der Waals surface area contributed by atoms with E-state index >= 15 is 0 Å². The molecule has 0 aliphatic heterocycles.